The van der Waals surface area contributed by atoms with Crippen molar-refractivity contribution in [3.8, 4) is 11.5 Å². The van der Waals surface area contributed by atoms with Crippen LogP contribution in [0.3, 0.4) is 0 Å². The third-order valence-electron chi connectivity index (χ3n) is 7.33. The summed E-state index contributed by atoms with van der Waals surface area (Å²) in [5, 5.41) is 3.29. The topological polar surface area (TPSA) is 67.9 Å². The molecule has 0 radical (unpaired) electrons. The Labute approximate surface area is 246 Å². The molecule has 1 atom stereocenters. The van der Waals surface area contributed by atoms with Crippen molar-refractivity contribution < 1.29 is 19.1 Å². The molecule has 1 N–H and O–H groups in total. The summed E-state index contributed by atoms with van der Waals surface area (Å²) in [6.07, 6.45) is 6.74. The van der Waals surface area contributed by atoms with Gasteiger partial charge in [0.2, 0.25) is 11.8 Å². The number of rotatable bonds is 13. The largest absolute Gasteiger partial charge is 0.497 e. The van der Waals surface area contributed by atoms with Gasteiger partial charge in [-0.25, -0.2) is 0 Å². The van der Waals surface area contributed by atoms with Gasteiger partial charge in [0.05, 0.1) is 13.7 Å². The Morgan fingerprint density at radius 3 is 2.33 bits per heavy atom. The summed E-state index contributed by atoms with van der Waals surface area (Å²) in [6, 6.07) is 24.8. The molecule has 0 saturated heterocycles. The molecule has 1 saturated carbocycles. The fraction of sp³-hybridized carbons (Fsp3) is 0.394. The van der Waals surface area contributed by atoms with E-state index >= 15 is 0 Å². The van der Waals surface area contributed by atoms with Crippen molar-refractivity contribution in [1.29, 1.82) is 0 Å². The zero-order valence-electron chi connectivity index (χ0n) is 23.2. The molecule has 0 aromatic heterocycles. The molecule has 3 aromatic carbocycles. The first-order chi connectivity index (χ1) is 19.5. The van der Waals surface area contributed by atoms with Crippen LogP contribution in [0.25, 0.3) is 0 Å². The lowest BCUT2D eigenvalue weighted by molar-refractivity contribution is -0.141. The minimum Gasteiger partial charge on any atom is -0.497 e. The first-order valence-electron chi connectivity index (χ1n) is 14.2. The summed E-state index contributed by atoms with van der Waals surface area (Å²) in [5.74, 6) is 1.36. The van der Waals surface area contributed by atoms with E-state index in [1.807, 2.05) is 78.9 Å². The number of halogens is 1. The van der Waals surface area contributed by atoms with E-state index in [0.717, 1.165) is 52.8 Å². The van der Waals surface area contributed by atoms with Crippen LogP contribution in [-0.4, -0.2) is 42.5 Å². The van der Waals surface area contributed by atoms with Gasteiger partial charge < -0.3 is 19.7 Å². The van der Waals surface area contributed by atoms with Gasteiger partial charge in [-0.3, -0.25) is 9.59 Å². The second kappa shape index (κ2) is 15.5. The molecule has 2 amide bonds. The Morgan fingerprint density at radius 1 is 0.925 bits per heavy atom. The fourth-order valence-electron chi connectivity index (χ4n) is 5.16. The Hall–Kier alpha value is -3.32. The summed E-state index contributed by atoms with van der Waals surface area (Å²) >= 11 is 3.55. The molecule has 6 nitrogen and oxygen atoms in total. The van der Waals surface area contributed by atoms with E-state index in [1.54, 1.807) is 12.0 Å². The number of hydrogen-bond acceptors (Lipinski definition) is 4. The number of nitrogens with zero attached hydrogens (tertiary/aromatic N) is 1. The monoisotopic (exact) mass is 606 g/mol. The molecule has 3 aromatic rings. The molecule has 0 bridgehead atoms. The normalized spacial score (nSPS) is 14.2. The molecule has 1 aliphatic rings. The average molecular weight is 608 g/mol. The van der Waals surface area contributed by atoms with Crippen molar-refractivity contribution in [1.82, 2.24) is 10.2 Å². The molecule has 0 heterocycles. The van der Waals surface area contributed by atoms with Gasteiger partial charge in [0, 0.05) is 29.9 Å². The second-order valence-corrected chi connectivity index (χ2v) is 11.2. The maximum absolute atomic E-state index is 13.8. The summed E-state index contributed by atoms with van der Waals surface area (Å²) < 4.78 is 12.0. The predicted molar refractivity (Wildman–Crippen MR) is 161 cm³/mol. The minimum atomic E-state index is -0.613. The van der Waals surface area contributed by atoms with Crippen molar-refractivity contribution in [3.05, 3.63) is 94.5 Å². The Bertz CT molecular complexity index is 1210. The first-order valence-corrected chi connectivity index (χ1v) is 15.0. The average Bonchev–Trinajstić information content (AvgIpc) is 2.98. The fourth-order valence-corrected chi connectivity index (χ4v) is 5.61. The summed E-state index contributed by atoms with van der Waals surface area (Å²) in [4.78, 5) is 29.4. The zero-order valence-corrected chi connectivity index (χ0v) is 24.8. The summed E-state index contributed by atoms with van der Waals surface area (Å²) in [7, 11) is 1.63. The van der Waals surface area contributed by atoms with Crippen LogP contribution in [0.2, 0.25) is 0 Å². The maximum atomic E-state index is 13.8. The van der Waals surface area contributed by atoms with Gasteiger partial charge in [0.25, 0.3) is 0 Å². The van der Waals surface area contributed by atoms with E-state index in [4.69, 9.17) is 9.47 Å². The van der Waals surface area contributed by atoms with Crippen LogP contribution in [0, 0.1) is 0 Å². The van der Waals surface area contributed by atoms with Gasteiger partial charge in [-0.2, -0.15) is 0 Å². The predicted octanol–water partition coefficient (Wildman–Crippen LogP) is 6.71. The van der Waals surface area contributed by atoms with E-state index in [-0.39, 0.29) is 24.3 Å². The number of nitrogens with one attached hydrogen (secondary N) is 1. The first kappa shape index (κ1) is 29.7. The highest BCUT2D eigenvalue weighted by atomic mass is 79.9. The Morgan fingerprint density at radius 2 is 1.62 bits per heavy atom. The van der Waals surface area contributed by atoms with E-state index in [9.17, 15) is 9.59 Å². The van der Waals surface area contributed by atoms with Gasteiger partial charge in [0.1, 0.15) is 17.5 Å². The number of methoxy groups -OCH3 is 1. The highest BCUT2D eigenvalue weighted by Crippen LogP contribution is 2.22. The van der Waals surface area contributed by atoms with Crippen LogP contribution in [-0.2, 0) is 22.6 Å². The molecule has 0 aliphatic heterocycles. The third kappa shape index (κ3) is 9.12. The lowest BCUT2D eigenvalue weighted by atomic mass is 9.94. The number of amides is 2. The molecule has 212 valence electrons. The van der Waals surface area contributed by atoms with Crippen LogP contribution >= 0.6 is 15.9 Å². The van der Waals surface area contributed by atoms with E-state index < -0.39 is 6.04 Å². The maximum Gasteiger partial charge on any atom is 0.243 e. The smallest absolute Gasteiger partial charge is 0.243 e. The second-order valence-electron chi connectivity index (χ2n) is 10.3. The van der Waals surface area contributed by atoms with Crippen molar-refractivity contribution in [2.75, 3.05) is 13.7 Å². The minimum absolute atomic E-state index is 0.0574. The Balaban J connectivity index is 1.50. The van der Waals surface area contributed by atoms with Gasteiger partial charge in [-0.05, 0) is 66.8 Å². The van der Waals surface area contributed by atoms with Gasteiger partial charge in [-0.1, -0.05) is 77.7 Å². The number of hydrogen-bond donors (Lipinski definition) is 1. The van der Waals surface area contributed by atoms with Gasteiger partial charge in [-0.15, -0.1) is 0 Å². The molecule has 4 rings (SSSR count). The van der Waals surface area contributed by atoms with E-state index in [2.05, 4.69) is 21.2 Å². The molecular formula is C33H39BrN2O4. The van der Waals surface area contributed by atoms with Crippen LogP contribution in [0.5, 0.6) is 11.5 Å². The van der Waals surface area contributed by atoms with Crippen molar-refractivity contribution in [2.24, 2.45) is 0 Å². The number of carbonyl (C=O) groups excluding carboxylic acids is 2. The quantitative estimate of drug-likeness (QED) is 0.220. The highest BCUT2D eigenvalue weighted by Gasteiger charge is 2.31. The molecule has 1 aliphatic carbocycles. The SMILES string of the molecule is COc1ccc(OCCCC(=O)N(Cc2cccc(Br)c2)[C@@H](Cc2ccccc2)C(=O)NC2CCCCC2)cc1. The number of ether oxygens (including phenoxy) is 2. The summed E-state index contributed by atoms with van der Waals surface area (Å²) in [6.45, 7) is 0.758. The lowest BCUT2D eigenvalue weighted by Crippen LogP contribution is -2.52. The van der Waals surface area contributed by atoms with Crippen LogP contribution in [0.4, 0.5) is 0 Å². The van der Waals surface area contributed by atoms with Crippen molar-refractivity contribution in [3.63, 3.8) is 0 Å². The Kier molecular flexibility index (Phi) is 11.5. The van der Waals surface area contributed by atoms with Gasteiger partial charge >= 0.3 is 0 Å². The molecule has 1 fully saturated rings. The zero-order chi connectivity index (χ0) is 28.2. The third-order valence-corrected chi connectivity index (χ3v) is 7.82. The van der Waals surface area contributed by atoms with Crippen LogP contribution in [0.15, 0.2) is 83.3 Å². The molecule has 7 heteroatoms. The number of carbonyl (C=O) groups is 2. The van der Waals surface area contributed by atoms with E-state index in [0.29, 0.717) is 26.0 Å². The molecular weight excluding hydrogens is 568 g/mol. The standard InChI is InChI=1S/C33H39BrN2O4/c1-39-29-17-19-30(20-18-29)40-21-9-16-32(37)36(24-26-12-8-13-27(34)22-26)31(23-25-10-4-2-5-11-25)33(38)35-28-14-6-3-7-15-28/h2,4-5,8,10-13,17-20,22,28,31H,3,6-7,9,14-16,21,23-24H2,1H3,(H,35,38)/t31-/m0/s1. The van der Waals surface area contributed by atoms with Crippen LogP contribution in [0.1, 0.15) is 56.1 Å². The molecule has 0 spiro atoms. The lowest BCUT2D eigenvalue weighted by Gasteiger charge is -2.33. The van der Waals surface area contributed by atoms with Crippen molar-refractivity contribution in [2.45, 2.75) is 70.0 Å². The van der Waals surface area contributed by atoms with Crippen LogP contribution < -0.4 is 14.8 Å². The van der Waals surface area contributed by atoms with Crippen molar-refractivity contribution >= 4 is 27.7 Å². The molecule has 40 heavy (non-hydrogen) atoms. The highest BCUT2D eigenvalue weighted by molar-refractivity contribution is 9.10. The summed E-state index contributed by atoms with van der Waals surface area (Å²) in [5.41, 5.74) is 2.00. The molecule has 0 unspecified atom stereocenters. The number of benzene rings is 3. The van der Waals surface area contributed by atoms with Gasteiger partial charge in [0.15, 0.2) is 0 Å². The van der Waals surface area contributed by atoms with E-state index in [1.165, 1.54) is 6.42 Å².